The highest BCUT2D eigenvalue weighted by Crippen LogP contribution is 2.35. The lowest BCUT2D eigenvalue weighted by atomic mass is 9.75. The molecule has 0 spiro atoms. The summed E-state index contributed by atoms with van der Waals surface area (Å²) in [5.74, 6) is -0.667. The fourth-order valence-electron chi connectivity index (χ4n) is 2.93. The molecule has 0 saturated heterocycles. The molecular weight excluding hydrogens is 269 g/mol. The quantitative estimate of drug-likeness (QED) is 0.832. The lowest BCUT2D eigenvalue weighted by Crippen LogP contribution is -2.39. The molecule has 2 aromatic rings. The number of rotatable bonds is 2. The minimum Gasteiger partial charge on any atom is -0.349 e. The number of amides is 1. The molecular formula is C16H20FN3O. The molecule has 1 aliphatic carbocycles. The number of carbonyl (C=O) groups is 1. The van der Waals surface area contributed by atoms with Crippen LogP contribution in [0.1, 0.15) is 50.0 Å². The highest BCUT2D eigenvalue weighted by molar-refractivity contribution is 5.97. The second kappa shape index (κ2) is 5.13. The fraction of sp³-hybridized carbons (Fsp3) is 0.500. The zero-order valence-electron chi connectivity index (χ0n) is 12.4. The molecule has 112 valence electrons. The number of carbonyl (C=O) groups excluding carboxylic acids is 1. The fourth-order valence-corrected chi connectivity index (χ4v) is 2.93. The summed E-state index contributed by atoms with van der Waals surface area (Å²) in [7, 11) is 0. The van der Waals surface area contributed by atoms with Crippen molar-refractivity contribution in [3.8, 4) is 0 Å². The van der Waals surface area contributed by atoms with E-state index >= 15 is 0 Å². The number of aromatic nitrogens is 2. The number of nitrogens with zero attached hydrogens (tertiary/aromatic N) is 1. The van der Waals surface area contributed by atoms with Crippen LogP contribution in [0.15, 0.2) is 18.3 Å². The largest absolute Gasteiger partial charge is 0.349 e. The van der Waals surface area contributed by atoms with Gasteiger partial charge in [0.2, 0.25) is 5.95 Å². The Morgan fingerprint density at radius 3 is 2.81 bits per heavy atom. The number of nitrogens with one attached hydrogen (secondary N) is 2. The minimum atomic E-state index is -0.539. The van der Waals surface area contributed by atoms with Crippen LogP contribution in [0.3, 0.4) is 0 Å². The molecule has 2 aromatic heterocycles. The number of hydrogen-bond acceptors (Lipinski definition) is 2. The van der Waals surface area contributed by atoms with Gasteiger partial charge in [-0.25, -0.2) is 4.98 Å². The summed E-state index contributed by atoms with van der Waals surface area (Å²) >= 11 is 0. The summed E-state index contributed by atoms with van der Waals surface area (Å²) in [6, 6.07) is 3.22. The molecule has 2 heterocycles. The summed E-state index contributed by atoms with van der Waals surface area (Å²) < 4.78 is 13.1. The Morgan fingerprint density at radius 1 is 1.38 bits per heavy atom. The van der Waals surface area contributed by atoms with Gasteiger partial charge in [-0.1, -0.05) is 13.8 Å². The van der Waals surface area contributed by atoms with E-state index in [9.17, 15) is 9.18 Å². The highest BCUT2D eigenvalue weighted by atomic mass is 19.1. The van der Waals surface area contributed by atoms with E-state index in [-0.39, 0.29) is 11.9 Å². The van der Waals surface area contributed by atoms with Gasteiger partial charge in [-0.2, -0.15) is 4.39 Å². The molecule has 2 N–H and O–H groups in total. The van der Waals surface area contributed by atoms with Gasteiger partial charge in [0.1, 0.15) is 5.69 Å². The Bertz CT molecular complexity index is 667. The van der Waals surface area contributed by atoms with Crippen molar-refractivity contribution in [3.63, 3.8) is 0 Å². The molecule has 0 atom stereocenters. The van der Waals surface area contributed by atoms with Crippen LogP contribution in [-0.4, -0.2) is 21.9 Å². The zero-order chi connectivity index (χ0) is 15.0. The van der Waals surface area contributed by atoms with Gasteiger partial charge in [0.05, 0.1) is 11.7 Å². The van der Waals surface area contributed by atoms with Crippen LogP contribution in [0.5, 0.6) is 0 Å². The standard InChI is InChI=1S/C16H20FN3O/c1-16(2)5-3-11(4-6-16)19-15(21)12-7-10-8-14(17)18-9-13(10)20-12/h7-9,11,20H,3-6H2,1-2H3,(H,19,21). The van der Waals surface area contributed by atoms with Crippen molar-refractivity contribution in [3.05, 3.63) is 30.0 Å². The second-order valence-electron chi connectivity index (χ2n) is 6.69. The third-order valence-corrected chi connectivity index (χ3v) is 4.39. The molecule has 3 rings (SSSR count). The third-order valence-electron chi connectivity index (χ3n) is 4.39. The van der Waals surface area contributed by atoms with Crippen LogP contribution in [0.2, 0.25) is 0 Å². The van der Waals surface area contributed by atoms with Gasteiger partial charge in [0, 0.05) is 17.5 Å². The Balaban J connectivity index is 1.69. The topological polar surface area (TPSA) is 57.8 Å². The van der Waals surface area contributed by atoms with Gasteiger partial charge in [0.25, 0.3) is 5.91 Å². The normalized spacial score (nSPS) is 18.8. The molecule has 5 heteroatoms. The van der Waals surface area contributed by atoms with Crippen LogP contribution in [0, 0.1) is 11.4 Å². The monoisotopic (exact) mass is 289 g/mol. The van der Waals surface area contributed by atoms with E-state index in [4.69, 9.17) is 0 Å². The Morgan fingerprint density at radius 2 is 2.10 bits per heavy atom. The van der Waals surface area contributed by atoms with Crippen molar-refractivity contribution in [1.29, 1.82) is 0 Å². The SMILES string of the molecule is CC1(C)CCC(NC(=O)c2cc3cc(F)ncc3[nH]2)CC1. The molecule has 1 aliphatic rings. The minimum absolute atomic E-state index is 0.128. The molecule has 1 amide bonds. The van der Waals surface area contributed by atoms with E-state index in [0.29, 0.717) is 22.0 Å². The lowest BCUT2D eigenvalue weighted by Gasteiger charge is -2.34. The van der Waals surface area contributed by atoms with E-state index < -0.39 is 5.95 Å². The molecule has 0 unspecified atom stereocenters. The zero-order valence-corrected chi connectivity index (χ0v) is 12.4. The summed E-state index contributed by atoms with van der Waals surface area (Å²) in [6.07, 6.45) is 5.68. The first-order valence-electron chi connectivity index (χ1n) is 7.38. The molecule has 0 aromatic carbocycles. The van der Waals surface area contributed by atoms with Crippen LogP contribution < -0.4 is 5.32 Å². The number of fused-ring (bicyclic) bond motifs is 1. The number of H-pyrrole nitrogens is 1. The first kappa shape index (κ1) is 14.0. The predicted octanol–water partition coefficient (Wildman–Crippen LogP) is 3.40. The maximum Gasteiger partial charge on any atom is 0.267 e. The van der Waals surface area contributed by atoms with E-state index in [2.05, 4.69) is 29.1 Å². The van der Waals surface area contributed by atoms with Gasteiger partial charge in [-0.05, 0) is 37.2 Å². The van der Waals surface area contributed by atoms with Gasteiger partial charge >= 0.3 is 0 Å². The summed E-state index contributed by atoms with van der Waals surface area (Å²) in [5, 5.41) is 3.73. The van der Waals surface area contributed by atoms with E-state index in [1.807, 2.05) is 0 Å². The van der Waals surface area contributed by atoms with Gasteiger partial charge in [-0.3, -0.25) is 4.79 Å². The van der Waals surface area contributed by atoms with E-state index in [1.54, 1.807) is 6.07 Å². The first-order chi connectivity index (χ1) is 9.93. The van der Waals surface area contributed by atoms with Crippen LogP contribution in [-0.2, 0) is 0 Å². The van der Waals surface area contributed by atoms with Gasteiger partial charge in [0.15, 0.2) is 0 Å². The van der Waals surface area contributed by atoms with Crippen LogP contribution in [0.25, 0.3) is 10.9 Å². The molecule has 4 nitrogen and oxygen atoms in total. The molecule has 0 radical (unpaired) electrons. The molecule has 1 fully saturated rings. The average Bonchev–Trinajstić information content (AvgIpc) is 2.84. The molecule has 0 aliphatic heterocycles. The van der Waals surface area contributed by atoms with Crippen molar-refractivity contribution in [1.82, 2.24) is 15.3 Å². The predicted molar refractivity (Wildman–Crippen MR) is 79.6 cm³/mol. The second-order valence-corrected chi connectivity index (χ2v) is 6.69. The maximum atomic E-state index is 13.1. The molecule has 0 bridgehead atoms. The number of hydrogen-bond donors (Lipinski definition) is 2. The average molecular weight is 289 g/mol. The van der Waals surface area contributed by atoms with Crippen molar-refractivity contribution < 1.29 is 9.18 Å². The van der Waals surface area contributed by atoms with Crippen molar-refractivity contribution in [2.45, 2.75) is 45.6 Å². The summed E-state index contributed by atoms with van der Waals surface area (Å²) in [5.41, 5.74) is 1.51. The lowest BCUT2D eigenvalue weighted by molar-refractivity contribution is 0.0905. The van der Waals surface area contributed by atoms with Gasteiger partial charge < -0.3 is 10.3 Å². The smallest absolute Gasteiger partial charge is 0.267 e. The molecule has 1 saturated carbocycles. The Hall–Kier alpha value is -1.91. The maximum absolute atomic E-state index is 13.1. The molecule has 21 heavy (non-hydrogen) atoms. The Kier molecular flexibility index (Phi) is 3.43. The van der Waals surface area contributed by atoms with Crippen LogP contribution in [0.4, 0.5) is 4.39 Å². The third kappa shape index (κ3) is 3.06. The van der Waals surface area contributed by atoms with E-state index in [1.165, 1.54) is 12.3 Å². The number of aromatic amines is 1. The summed E-state index contributed by atoms with van der Waals surface area (Å²) in [6.45, 7) is 4.54. The number of pyridine rings is 1. The highest BCUT2D eigenvalue weighted by Gasteiger charge is 2.27. The first-order valence-corrected chi connectivity index (χ1v) is 7.38. The van der Waals surface area contributed by atoms with Crippen LogP contribution >= 0.6 is 0 Å². The number of halogens is 1. The Labute approximate surface area is 123 Å². The van der Waals surface area contributed by atoms with Crippen molar-refractivity contribution in [2.75, 3.05) is 0 Å². The van der Waals surface area contributed by atoms with Gasteiger partial charge in [-0.15, -0.1) is 0 Å². The summed E-state index contributed by atoms with van der Waals surface area (Å²) in [4.78, 5) is 18.8. The van der Waals surface area contributed by atoms with Crippen molar-refractivity contribution in [2.24, 2.45) is 5.41 Å². The van der Waals surface area contributed by atoms with Crippen molar-refractivity contribution >= 4 is 16.8 Å². The van der Waals surface area contributed by atoms with E-state index in [0.717, 1.165) is 25.7 Å².